The summed E-state index contributed by atoms with van der Waals surface area (Å²) in [5, 5.41) is 4.19. The van der Waals surface area contributed by atoms with E-state index in [4.69, 9.17) is 9.47 Å². The van der Waals surface area contributed by atoms with Crippen LogP contribution in [0.3, 0.4) is 0 Å². The van der Waals surface area contributed by atoms with Gasteiger partial charge in [-0.1, -0.05) is 13.0 Å². The Bertz CT molecular complexity index is 1080. The number of thiophene rings is 1. The monoisotopic (exact) mass is 424 g/mol. The van der Waals surface area contributed by atoms with E-state index in [-0.39, 0.29) is 18.6 Å². The lowest BCUT2D eigenvalue weighted by Gasteiger charge is -2.33. The lowest BCUT2D eigenvalue weighted by Crippen LogP contribution is -2.43. The molecule has 2 aliphatic heterocycles. The van der Waals surface area contributed by atoms with Crippen LogP contribution in [0.4, 0.5) is 5.82 Å². The number of amides is 1. The maximum atomic E-state index is 12.9. The average Bonchev–Trinajstić information content (AvgIpc) is 3.43. The largest absolute Gasteiger partial charge is 0.454 e. The molecule has 0 spiro atoms. The van der Waals surface area contributed by atoms with E-state index in [1.54, 1.807) is 17.7 Å². The second-order valence-electron chi connectivity index (χ2n) is 7.67. The molecule has 1 fully saturated rings. The van der Waals surface area contributed by atoms with E-state index >= 15 is 0 Å². The molecule has 2 aromatic heterocycles. The topological polar surface area (TPSA) is 76.6 Å². The molecule has 1 N–H and O–H groups in total. The fourth-order valence-electron chi connectivity index (χ4n) is 4.09. The van der Waals surface area contributed by atoms with E-state index in [1.165, 1.54) is 4.88 Å². The third kappa shape index (κ3) is 3.67. The van der Waals surface area contributed by atoms with Gasteiger partial charge in [0, 0.05) is 24.5 Å². The van der Waals surface area contributed by atoms with Crippen LogP contribution in [-0.2, 0) is 17.8 Å². The predicted molar refractivity (Wildman–Crippen MR) is 116 cm³/mol. The average molecular weight is 425 g/mol. The lowest BCUT2D eigenvalue weighted by atomic mass is 9.97. The van der Waals surface area contributed by atoms with Crippen LogP contribution in [0.1, 0.15) is 30.2 Å². The van der Waals surface area contributed by atoms with Gasteiger partial charge in [-0.05, 0) is 43.0 Å². The quantitative estimate of drug-likeness (QED) is 0.675. The number of fused-ring (bicyclic) bond motifs is 2. The van der Waals surface area contributed by atoms with Gasteiger partial charge < -0.3 is 19.7 Å². The van der Waals surface area contributed by atoms with Crippen LogP contribution in [-0.4, -0.2) is 35.8 Å². The van der Waals surface area contributed by atoms with E-state index < -0.39 is 0 Å². The number of carbonyl (C=O) groups is 1. The zero-order chi connectivity index (χ0) is 20.5. The zero-order valence-electron chi connectivity index (χ0n) is 16.9. The normalized spacial score (nSPS) is 18.0. The van der Waals surface area contributed by atoms with Crippen molar-refractivity contribution in [2.24, 2.45) is 5.92 Å². The number of aryl methyl sites for hydroxylation is 1. The van der Waals surface area contributed by atoms with E-state index in [0.29, 0.717) is 13.1 Å². The summed E-state index contributed by atoms with van der Waals surface area (Å²) in [6, 6.07) is 7.96. The molecule has 3 aromatic rings. The van der Waals surface area contributed by atoms with Crippen LogP contribution < -0.4 is 19.7 Å². The Morgan fingerprint density at radius 2 is 2.17 bits per heavy atom. The van der Waals surface area contributed by atoms with Gasteiger partial charge in [-0.25, -0.2) is 9.97 Å². The maximum absolute atomic E-state index is 12.9. The van der Waals surface area contributed by atoms with Gasteiger partial charge in [0.1, 0.15) is 17.0 Å². The van der Waals surface area contributed by atoms with Crippen LogP contribution in [0.2, 0.25) is 0 Å². The number of nitrogens with zero attached hydrogens (tertiary/aromatic N) is 3. The van der Waals surface area contributed by atoms with Crippen LogP contribution >= 0.6 is 11.3 Å². The van der Waals surface area contributed by atoms with Crippen molar-refractivity contribution in [3.05, 3.63) is 41.0 Å². The molecule has 0 bridgehead atoms. The van der Waals surface area contributed by atoms with Crippen molar-refractivity contribution in [3.8, 4) is 11.5 Å². The smallest absolute Gasteiger partial charge is 0.231 e. The number of ether oxygens (including phenoxy) is 2. The molecule has 2 aliphatic rings. The lowest BCUT2D eigenvalue weighted by molar-refractivity contribution is -0.125. The summed E-state index contributed by atoms with van der Waals surface area (Å²) in [6.07, 6.45) is 4.49. The predicted octanol–water partition coefficient (Wildman–Crippen LogP) is 3.52. The highest BCUT2D eigenvalue weighted by molar-refractivity contribution is 7.18. The number of piperidine rings is 1. The highest BCUT2D eigenvalue weighted by atomic mass is 32.1. The second kappa shape index (κ2) is 8.10. The molecule has 156 valence electrons. The standard InChI is InChI=1S/C22H24N4O3S/c1-2-16-9-17-20(24-12-25-22(17)30-16)26-7-3-4-15(11-26)21(27)23-10-14-5-6-18-19(8-14)29-13-28-18/h5-6,8-9,12,15H,2-4,7,10-11,13H2,1H3,(H,23,27)/t15-/m1/s1. The molecule has 1 atom stereocenters. The van der Waals surface area contributed by atoms with Crippen LogP contribution in [0.5, 0.6) is 11.5 Å². The van der Waals surface area contributed by atoms with Crippen LogP contribution in [0, 0.1) is 5.92 Å². The molecule has 8 heteroatoms. The molecule has 1 saturated heterocycles. The minimum absolute atomic E-state index is 0.0537. The minimum Gasteiger partial charge on any atom is -0.454 e. The van der Waals surface area contributed by atoms with Gasteiger partial charge in [-0.3, -0.25) is 4.79 Å². The fourth-order valence-corrected chi connectivity index (χ4v) is 5.02. The second-order valence-corrected chi connectivity index (χ2v) is 8.79. The van der Waals surface area contributed by atoms with Crippen molar-refractivity contribution < 1.29 is 14.3 Å². The third-order valence-electron chi connectivity index (χ3n) is 5.70. The van der Waals surface area contributed by atoms with Gasteiger partial charge in [-0.2, -0.15) is 0 Å². The van der Waals surface area contributed by atoms with Gasteiger partial charge in [0.2, 0.25) is 12.7 Å². The van der Waals surface area contributed by atoms with Crippen molar-refractivity contribution in [2.45, 2.75) is 32.7 Å². The van der Waals surface area contributed by atoms with Crippen LogP contribution in [0.15, 0.2) is 30.6 Å². The summed E-state index contributed by atoms with van der Waals surface area (Å²) < 4.78 is 10.8. The Morgan fingerprint density at radius 1 is 1.27 bits per heavy atom. The number of rotatable bonds is 5. The fraction of sp³-hybridized carbons (Fsp3) is 0.409. The number of anilines is 1. The summed E-state index contributed by atoms with van der Waals surface area (Å²) in [5.41, 5.74) is 1.00. The SMILES string of the molecule is CCc1cc2c(N3CCC[C@@H](C(=O)NCc4ccc5c(c4)OCO5)C3)ncnc2s1. The van der Waals surface area contributed by atoms with Crippen molar-refractivity contribution in [2.75, 3.05) is 24.8 Å². The van der Waals surface area contributed by atoms with Gasteiger partial charge in [-0.15, -0.1) is 11.3 Å². The molecule has 4 heterocycles. The molecule has 1 aromatic carbocycles. The van der Waals surface area contributed by atoms with E-state index in [9.17, 15) is 4.79 Å². The number of aromatic nitrogens is 2. The van der Waals surface area contributed by atoms with Gasteiger partial charge >= 0.3 is 0 Å². The summed E-state index contributed by atoms with van der Waals surface area (Å²) in [6.45, 7) is 4.47. The Balaban J connectivity index is 1.26. The van der Waals surface area contributed by atoms with Crippen molar-refractivity contribution >= 4 is 33.3 Å². The van der Waals surface area contributed by atoms with Crippen LogP contribution in [0.25, 0.3) is 10.2 Å². The first-order valence-electron chi connectivity index (χ1n) is 10.4. The molecule has 0 saturated carbocycles. The first-order chi connectivity index (χ1) is 14.7. The number of carbonyl (C=O) groups excluding carboxylic acids is 1. The van der Waals surface area contributed by atoms with E-state index in [2.05, 4.69) is 33.2 Å². The molecule has 7 nitrogen and oxygen atoms in total. The Morgan fingerprint density at radius 3 is 3.07 bits per heavy atom. The Labute approximate surface area is 179 Å². The summed E-state index contributed by atoms with van der Waals surface area (Å²) >= 11 is 1.72. The molecule has 5 rings (SSSR count). The highest BCUT2D eigenvalue weighted by Crippen LogP contribution is 2.33. The molecular weight excluding hydrogens is 400 g/mol. The summed E-state index contributed by atoms with van der Waals surface area (Å²) in [5.74, 6) is 2.47. The maximum Gasteiger partial charge on any atom is 0.231 e. The summed E-state index contributed by atoms with van der Waals surface area (Å²) in [4.78, 5) is 26.4. The molecule has 0 unspecified atom stereocenters. The van der Waals surface area contributed by atoms with Crippen molar-refractivity contribution in [3.63, 3.8) is 0 Å². The number of nitrogens with one attached hydrogen (secondary N) is 1. The number of benzene rings is 1. The third-order valence-corrected chi connectivity index (χ3v) is 6.89. The van der Waals surface area contributed by atoms with Crippen molar-refractivity contribution in [1.29, 1.82) is 0 Å². The summed E-state index contributed by atoms with van der Waals surface area (Å²) in [7, 11) is 0. The van der Waals surface area contributed by atoms with Gasteiger partial charge in [0.15, 0.2) is 11.5 Å². The van der Waals surface area contributed by atoms with Crippen molar-refractivity contribution in [1.82, 2.24) is 15.3 Å². The molecular formula is C22H24N4O3S. The number of hydrogen-bond acceptors (Lipinski definition) is 7. The first-order valence-corrected chi connectivity index (χ1v) is 11.2. The molecule has 0 aliphatic carbocycles. The number of hydrogen-bond donors (Lipinski definition) is 1. The van der Waals surface area contributed by atoms with E-state index in [1.807, 2.05) is 18.2 Å². The Hall–Kier alpha value is -2.87. The minimum atomic E-state index is -0.0537. The van der Waals surface area contributed by atoms with Gasteiger partial charge in [0.25, 0.3) is 0 Å². The Kier molecular flexibility index (Phi) is 5.16. The van der Waals surface area contributed by atoms with Gasteiger partial charge in [0.05, 0.1) is 11.3 Å². The molecule has 1 amide bonds. The highest BCUT2D eigenvalue weighted by Gasteiger charge is 2.28. The zero-order valence-corrected chi connectivity index (χ0v) is 17.7. The molecule has 30 heavy (non-hydrogen) atoms. The first kappa shape index (κ1) is 19.1. The molecule has 0 radical (unpaired) electrons. The van der Waals surface area contributed by atoms with E-state index in [0.717, 1.165) is 58.9 Å².